The largest absolute Gasteiger partial charge is 0.493 e. The van der Waals surface area contributed by atoms with Gasteiger partial charge in [0, 0.05) is 11.8 Å². The van der Waals surface area contributed by atoms with Gasteiger partial charge in [0.15, 0.2) is 4.32 Å². The molecule has 0 bridgehead atoms. The van der Waals surface area contributed by atoms with Gasteiger partial charge in [-0.1, -0.05) is 42.2 Å². The molecule has 0 atom stereocenters. The third-order valence-electron chi connectivity index (χ3n) is 3.20. The van der Waals surface area contributed by atoms with Crippen molar-refractivity contribution in [2.75, 3.05) is 11.5 Å². The summed E-state index contributed by atoms with van der Waals surface area (Å²) in [6, 6.07) is 11.2. The first-order chi connectivity index (χ1) is 11.2. The van der Waals surface area contributed by atoms with Gasteiger partial charge in [0.2, 0.25) is 0 Å². The van der Waals surface area contributed by atoms with Crippen LogP contribution in [0.4, 0.5) is 5.69 Å². The minimum Gasteiger partial charge on any atom is -0.493 e. The number of benzene rings is 1. The number of hydrogen-bond acceptors (Lipinski definition) is 5. The average molecular weight is 342 g/mol. The van der Waals surface area contributed by atoms with Gasteiger partial charge in [0.1, 0.15) is 5.75 Å². The van der Waals surface area contributed by atoms with E-state index >= 15 is 0 Å². The lowest BCUT2D eigenvalue weighted by Crippen LogP contribution is -2.27. The predicted octanol–water partition coefficient (Wildman–Crippen LogP) is 3.89. The number of amides is 1. The summed E-state index contributed by atoms with van der Waals surface area (Å²) in [4.78, 5) is 18.8. The molecule has 1 fully saturated rings. The number of hydrogen-bond donors (Lipinski definition) is 0. The third-order valence-corrected chi connectivity index (χ3v) is 4.51. The van der Waals surface area contributed by atoms with E-state index in [-0.39, 0.29) is 5.91 Å². The van der Waals surface area contributed by atoms with Crippen LogP contribution >= 0.6 is 24.0 Å². The number of nitrogens with zero attached hydrogens (tertiary/aromatic N) is 2. The Kier molecular flexibility index (Phi) is 4.73. The van der Waals surface area contributed by atoms with Gasteiger partial charge >= 0.3 is 0 Å². The first-order valence-electron chi connectivity index (χ1n) is 7.10. The summed E-state index contributed by atoms with van der Waals surface area (Å²) in [5.41, 5.74) is 1.54. The standard InChI is InChI=1S/C17H14N2O2S2/c1-2-21-14-8-4-3-6-12(14)10-15-16(20)19(17(22)23-15)13-7-5-9-18-11-13/h3-11H,2H2,1H3/b15-10-. The number of aromatic nitrogens is 1. The lowest BCUT2D eigenvalue weighted by molar-refractivity contribution is -0.113. The molecular weight excluding hydrogens is 328 g/mol. The predicted molar refractivity (Wildman–Crippen MR) is 97.5 cm³/mol. The molecule has 1 aromatic carbocycles. The molecule has 1 amide bonds. The minimum absolute atomic E-state index is 0.140. The van der Waals surface area contributed by atoms with E-state index in [1.807, 2.05) is 43.3 Å². The number of carbonyl (C=O) groups excluding carboxylic acids is 1. The number of ether oxygens (including phenoxy) is 1. The summed E-state index contributed by atoms with van der Waals surface area (Å²) in [6.07, 6.45) is 5.11. The maximum atomic E-state index is 12.7. The van der Waals surface area contributed by atoms with Crippen molar-refractivity contribution in [3.8, 4) is 5.75 Å². The fourth-order valence-corrected chi connectivity index (χ4v) is 3.49. The Morgan fingerprint density at radius 2 is 2.13 bits per heavy atom. The molecule has 1 saturated heterocycles. The zero-order valence-corrected chi connectivity index (χ0v) is 14.1. The monoisotopic (exact) mass is 342 g/mol. The Balaban J connectivity index is 1.94. The first kappa shape index (κ1) is 15.7. The van der Waals surface area contributed by atoms with Crippen molar-refractivity contribution in [2.45, 2.75) is 6.92 Å². The molecule has 0 radical (unpaired) electrons. The van der Waals surface area contributed by atoms with Crippen LogP contribution in [0.5, 0.6) is 5.75 Å². The second-order valence-corrected chi connectivity index (χ2v) is 6.37. The van der Waals surface area contributed by atoms with Crippen LogP contribution < -0.4 is 9.64 Å². The van der Waals surface area contributed by atoms with Crippen molar-refractivity contribution in [3.05, 3.63) is 59.3 Å². The number of para-hydroxylation sites is 1. The van der Waals surface area contributed by atoms with Crippen LogP contribution in [0.3, 0.4) is 0 Å². The van der Waals surface area contributed by atoms with E-state index in [0.29, 0.717) is 21.5 Å². The Hall–Kier alpha value is -2.18. The normalized spacial score (nSPS) is 16.2. The molecule has 116 valence electrons. The second kappa shape index (κ2) is 6.93. The topological polar surface area (TPSA) is 42.4 Å². The van der Waals surface area contributed by atoms with E-state index in [1.54, 1.807) is 18.5 Å². The van der Waals surface area contributed by atoms with E-state index in [4.69, 9.17) is 17.0 Å². The number of thiocarbonyl (C=S) groups is 1. The highest BCUT2D eigenvalue weighted by atomic mass is 32.2. The highest BCUT2D eigenvalue weighted by molar-refractivity contribution is 8.27. The average Bonchev–Trinajstić information content (AvgIpc) is 2.84. The van der Waals surface area contributed by atoms with Crippen LogP contribution in [0.25, 0.3) is 6.08 Å². The van der Waals surface area contributed by atoms with Crippen LogP contribution in [0.1, 0.15) is 12.5 Å². The van der Waals surface area contributed by atoms with Crippen molar-refractivity contribution in [1.82, 2.24) is 4.98 Å². The van der Waals surface area contributed by atoms with E-state index in [0.717, 1.165) is 11.3 Å². The molecule has 2 aromatic rings. The van der Waals surface area contributed by atoms with Crippen LogP contribution in [0.15, 0.2) is 53.7 Å². The molecule has 0 saturated carbocycles. The maximum absolute atomic E-state index is 12.7. The van der Waals surface area contributed by atoms with Crippen LogP contribution in [0, 0.1) is 0 Å². The van der Waals surface area contributed by atoms with Gasteiger partial charge < -0.3 is 4.74 Å². The minimum atomic E-state index is -0.140. The molecule has 6 heteroatoms. The van der Waals surface area contributed by atoms with Crippen LogP contribution in [-0.2, 0) is 4.79 Å². The van der Waals surface area contributed by atoms with Crippen molar-refractivity contribution in [1.29, 1.82) is 0 Å². The lowest BCUT2D eigenvalue weighted by Gasteiger charge is -2.13. The molecule has 23 heavy (non-hydrogen) atoms. The van der Waals surface area contributed by atoms with Crippen LogP contribution in [-0.4, -0.2) is 21.8 Å². The summed E-state index contributed by atoms with van der Waals surface area (Å²) in [5, 5.41) is 0. The zero-order valence-electron chi connectivity index (χ0n) is 12.4. The molecule has 2 heterocycles. The fraction of sp³-hybridized carbons (Fsp3) is 0.118. The van der Waals surface area contributed by atoms with Crippen molar-refractivity contribution < 1.29 is 9.53 Å². The summed E-state index contributed by atoms with van der Waals surface area (Å²) in [5.74, 6) is 0.612. The highest BCUT2D eigenvalue weighted by Crippen LogP contribution is 2.36. The number of anilines is 1. The van der Waals surface area contributed by atoms with E-state index in [1.165, 1.54) is 16.7 Å². The van der Waals surface area contributed by atoms with Gasteiger partial charge in [-0.25, -0.2) is 0 Å². The zero-order chi connectivity index (χ0) is 16.2. The number of pyridine rings is 1. The molecule has 0 unspecified atom stereocenters. The maximum Gasteiger partial charge on any atom is 0.270 e. The number of thioether (sulfide) groups is 1. The first-order valence-corrected chi connectivity index (χ1v) is 8.33. The van der Waals surface area contributed by atoms with Gasteiger partial charge in [0.25, 0.3) is 5.91 Å². The van der Waals surface area contributed by atoms with Crippen molar-refractivity contribution >= 4 is 46.0 Å². The molecule has 4 nitrogen and oxygen atoms in total. The molecule has 0 spiro atoms. The molecule has 1 aliphatic heterocycles. The molecule has 0 aliphatic carbocycles. The van der Waals surface area contributed by atoms with Gasteiger partial charge in [-0.3, -0.25) is 14.7 Å². The van der Waals surface area contributed by atoms with Gasteiger partial charge in [-0.05, 0) is 31.2 Å². The van der Waals surface area contributed by atoms with Crippen LogP contribution in [0.2, 0.25) is 0 Å². The van der Waals surface area contributed by atoms with Crippen molar-refractivity contribution in [2.24, 2.45) is 0 Å². The van der Waals surface area contributed by atoms with E-state index in [2.05, 4.69) is 4.98 Å². The smallest absolute Gasteiger partial charge is 0.270 e. The number of rotatable bonds is 4. The summed E-state index contributed by atoms with van der Waals surface area (Å²) >= 11 is 6.63. The van der Waals surface area contributed by atoms with Crippen molar-refractivity contribution in [3.63, 3.8) is 0 Å². The molecule has 1 aliphatic rings. The molecule has 0 N–H and O–H groups in total. The van der Waals surface area contributed by atoms with Gasteiger partial charge in [-0.15, -0.1) is 0 Å². The second-order valence-electron chi connectivity index (χ2n) is 4.70. The molecular formula is C17H14N2O2S2. The Morgan fingerprint density at radius 1 is 1.30 bits per heavy atom. The Bertz CT molecular complexity index is 775. The van der Waals surface area contributed by atoms with E-state index in [9.17, 15) is 4.79 Å². The highest BCUT2D eigenvalue weighted by Gasteiger charge is 2.33. The fourth-order valence-electron chi connectivity index (χ4n) is 2.20. The summed E-state index contributed by atoms with van der Waals surface area (Å²) < 4.78 is 6.10. The third kappa shape index (κ3) is 3.28. The lowest BCUT2D eigenvalue weighted by atomic mass is 10.2. The Morgan fingerprint density at radius 3 is 2.87 bits per heavy atom. The van der Waals surface area contributed by atoms with Gasteiger partial charge in [-0.2, -0.15) is 0 Å². The van der Waals surface area contributed by atoms with Gasteiger partial charge in [0.05, 0.1) is 23.4 Å². The van der Waals surface area contributed by atoms with E-state index < -0.39 is 0 Å². The SMILES string of the molecule is CCOc1ccccc1/C=C1\SC(=S)N(c2cccnc2)C1=O. The Labute approximate surface area is 144 Å². The summed E-state index contributed by atoms with van der Waals surface area (Å²) in [7, 11) is 0. The summed E-state index contributed by atoms with van der Waals surface area (Å²) in [6.45, 7) is 2.50. The quantitative estimate of drug-likeness (QED) is 0.623. The molecule has 1 aromatic heterocycles. The number of carbonyl (C=O) groups is 1. The molecule has 3 rings (SSSR count).